The Morgan fingerprint density at radius 1 is 1.14 bits per heavy atom. The molecule has 0 amide bonds. The summed E-state index contributed by atoms with van der Waals surface area (Å²) in [7, 11) is 0. The highest BCUT2D eigenvalue weighted by Gasteiger charge is 2.15. The summed E-state index contributed by atoms with van der Waals surface area (Å²) < 4.78 is 11.8. The third kappa shape index (κ3) is 6.19. The SMILES string of the molecule is CCCCOc1c(OC/C=C(\C)CCC=C(C)C)c(=O)[nH]c2cc(N)ccc12. The number of H-pyrrole nitrogens is 1. The second kappa shape index (κ2) is 10.6. The Kier molecular flexibility index (Phi) is 8.18. The molecule has 1 heterocycles. The first-order valence-electron chi connectivity index (χ1n) is 9.92. The predicted molar refractivity (Wildman–Crippen MR) is 117 cm³/mol. The molecule has 28 heavy (non-hydrogen) atoms. The maximum Gasteiger partial charge on any atom is 0.294 e. The standard InChI is InChI=1S/C23H32N2O3/c1-5-6-13-27-21-19-11-10-18(24)15-20(19)25-23(26)22(21)28-14-12-17(4)9-7-8-16(2)3/h8,10-12,15H,5-7,9,13-14,24H2,1-4H3,(H,25,26)/b17-12+. The fourth-order valence-corrected chi connectivity index (χ4v) is 2.82. The Hall–Kier alpha value is -2.69. The molecule has 0 fully saturated rings. The van der Waals surface area contributed by atoms with Crippen LogP contribution in [0.5, 0.6) is 11.5 Å². The number of allylic oxidation sites excluding steroid dienone is 3. The molecule has 0 unspecified atom stereocenters. The Morgan fingerprint density at radius 2 is 1.93 bits per heavy atom. The van der Waals surface area contributed by atoms with Crippen LogP contribution in [0.3, 0.4) is 0 Å². The van der Waals surface area contributed by atoms with Crippen LogP contribution in [0.4, 0.5) is 5.69 Å². The summed E-state index contributed by atoms with van der Waals surface area (Å²) in [5, 5.41) is 0.796. The van der Waals surface area contributed by atoms with Gasteiger partial charge in [-0.15, -0.1) is 0 Å². The molecule has 5 heteroatoms. The second-order valence-electron chi connectivity index (χ2n) is 7.30. The molecule has 152 valence electrons. The smallest absolute Gasteiger partial charge is 0.294 e. The van der Waals surface area contributed by atoms with Gasteiger partial charge in [0.05, 0.1) is 12.1 Å². The number of aromatic amines is 1. The van der Waals surface area contributed by atoms with Crippen molar-refractivity contribution in [1.29, 1.82) is 0 Å². The van der Waals surface area contributed by atoms with Gasteiger partial charge >= 0.3 is 0 Å². The van der Waals surface area contributed by atoms with Gasteiger partial charge in [-0.25, -0.2) is 0 Å². The molecule has 0 saturated carbocycles. The van der Waals surface area contributed by atoms with Gasteiger partial charge in [0.1, 0.15) is 6.61 Å². The van der Waals surface area contributed by atoms with E-state index in [0.29, 0.717) is 30.2 Å². The van der Waals surface area contributed by atoms with Crippen LogP contribution >= 0.6 is 0 Å². The fourth-order valence-electron chi connectivity index (χ4n) is 2.82. The van der Waals surface area contributed by atoms with E-state index in [1.807, 2.05) is 12.1 Å². The number of fused-ring (bicyclic) bond motifs is 1. The van der Waals surface area contributed by atoms with Crippen LogP contribution in [0.1, 0.15) is 53.4 Å². The first kappa shape index (κ1) is 21.6. The molecule has 0 spiro atoms. The van der Waals surface area contributed by atoms with Gasteiger partial charge in [-0.05, 0) is 64.3 Å². The van der Waals surface area contributed by atoms with E-state index in [0.717, 1.165) is 31.1 Å². The molecule has 0 bridgehead atoms. The van der Waals surface area contributed by atoms with E-state index >= 15 is 0 Å². The summed E-state index contributed by atoms with van der Waals surface area (Å²) in [5.74, 6) is 0.713. The van der Waals surface area contributed by atoms with Crippen molar-refractivity contribution in [2.45, 2.75) is 53.4 Å². The summed E-state index contributed by atoms with van der Waals surface area (Å²) in [6, 6.07) is 5.39. The van der Waals surface area contributed by atoms with Crippen molar-refractivity contribution in [3.63, 3.8) is 0 Å². The molecule has 0 aliphatic carbocycles. The van der Waals surface area contributed by atoms with Crippen molar-refractivity contribution in [3.05, 3.63) is 51.9 Å². The number of unbranched alkanes of at least 4 members (excludes halogenated alkanes) is 1. The molecular weight excluding hydrogens is 352 g/mol. The molecule has 0 aliphatic heterocycles. The molecule has 0 atom stereocenters. The van der Waals surface area contributed by atoms with Crippen molar-refractivity contribution in [3.8, 4) is 11.5 Å². The number of nitrogens with one attached hydrogen (secondary N) is 1. The largest absolute Gasteiger partial charge is 0.489 e. The molecule has 0 saturated heterocycles. The molecular formula is C23H32N2O3. The van der Waals surface area contributed by atoms with Crippen molar-refractivity contribution in [1.82, 2.24) is 4.98 Å². The number of nitrogen functional groups attached to an aromatic ring is 1. The molecule has 1 aromatic carbocycles. The Labute approximate surface area is 167 Å². The van der Waals surface area contributed by atoms with E-state index in [4.69, 9.17) is 15.2 Å². The average Bonchev–Trinajstić information content (AvgIpc) is 2.63. The van der Waals surface area contributed by atoms with E-state index in [2.05, 4.69) is 38.8 Å². The first-order valence-corrected chi connectivity index (χ1v) is 9.92. The average molecular weight is 385 g/mol. The number of ether oxygens (including phenoxy) is 2. The quantitative estimate of drug-likeness (QED) is 0.328. The molecule has 5 nitrogen and oxygen atoms in total. The van der Waals surface area contributed by atoms with Gasteiger partial charge in [-0.3, -0.25) is 4.79 Å². The molecule has 0 aliphatic rings. The highest BCUT2D eigenvalue weighted by Crippen LogP contribution is 2.32. The van der Waals surface area contributed by atoms with E-state index in [1.165, 1.54) is 11.1 Å². The normalized spacial score (nSPS) is 11.5. The maximum absolute atomic E-state index is 12.6. The number of aromatic nitrogens is 1. The maximum atomic E-state index is 12.6. The van der Waals surface area contributed by atoms with Gasteiger partial charge in [-0.2, -0.15) is 0 Å². The summed E-state index contributed by atoms with van der Waals surface area (Å²) >= 11 is 0. The van der Waals surface area contributed by atoms with Crippen molar-refractivity contribution in [2.24, 2.45) is 0 Å². The van der Waals surface area contributed by atoms with E-state index in [1.54, 1.807) is 12.1 Å². The van der Waals surface area contributed by atoms with Gasteiger partial charge in [0.15, 0.2) is 5.75 Å². The molecule has 2 aromatic rings. The third-order valence-electron chi connectivity index (χ3n) is 4.44. The number of hydrogen-bond donors (Lipinski definition) is 2. The zero-order valence-corrected chi connectivity index (χ0v) is 17.4. The lowest BCUT2D eigenvalue weighted by Crippen LogP contribution is -2.14. The molecule has 2 rings (SSSR count). The number of rotatable bonds is 10. The highest BCUT2D eigenvalue weighted by atomic mass is 16.5. The van der Waals surface area contributed by atoms with Crippen molar-refractivity contribution in [2.75, 3.05) is 18.9 Å². The summed E-state index contributed by atoms with van der Waals surface area (Å²) in [6.45, 7) is 9.24. The lowest BCUT2D eigenvalue weighted by Gasteiger charge is -2.14. The van der Waals surface area contributed by atoms with E-state index in [-0.39, 0.29) is 11.3 Å². The minimum atomic E-state index is -0.305. The predicted octanol–water partition coefficient (Wildman–Crippen LogP) is 5.36. The van der Waals surface area contributed by atoms with Crippen LogP contribution in [0.25, 0.3) is 10.9 Å². The number of hydrogen-bond acceptors (Lipinski definition) is 4. The monoisotopic (exact) mass is 384 g/mol. The number of benzene rings is 1. The van der Waals surface area contributed by atoms with Gasteiger partial charge in [-0.1, -0.05) is 30.6 Å². The summed E-state index contributed by atoms with van der Waals surface area (Å²) in [5.41, 5.74) is 9.34. The van der Waals surface area contributed by atoms with Crippen LogP contribution in [-0.4, -0.2) is 18.2 Å². The van der Waals surface area contributed by atoms with Gasteiger partial charge in [0.25, 0.3) is 5.56 Å². The lowest BCUT2D eigenvalue weighted by atomic mass is 10.1. The first-order chi connectivity index (χ1) is 13.4. The zero-order chi connectivity index (χ0) is 20.5. The van der Waals surface area contributed by atoms with E-state index in [9.17, 15) is 4.79 Å². The van der Waals surface area contributed by atoms with E-state index < -0.39 is 0 Å². The number of nitrogens with two attached hydrogens (primary N) is 1. The minimum absolute atomic E-state index is 0.224. The highest BCUT2D eigenvalue weighted by molar-refractivity contribution is 5.89. The number of pyridine rings is 1. The molecule has 1 aromatic heterocycles. The Morgan fingerprint density at radius 3 is 2.64 bits per heavy atom. The van der Waals surface area contributed by atoms with Crippen LogP contribution in [0.15, 0.2) is 46.3 Å². The summed E-state index contributed by atoms with van der Waals surface area (Å²) in [4.78, 5) is 15.4. The van der Waals surface area contributed by atoms with Crippen molar-refractivity contribution < 1.29 is 9.47 Å². The van der Waals surface area contributed by atoms with Crippen LogP contribution in [-0.2, 0) is 0 Å². The Balaban J connectivity index is 2.23. The second-order valence-corrected chi connectivity index (χ2v) is 7.30. The Bertz CT molecular complexity index is 906. The van der Waals surface area contributed by atoms with Crippen LogP contribution in [0.2, 0.25) is 0 Å². The van der Waals surface area contributed by atoms with Crippen molar-refractivity contribution >= 4 is 16.6 Å². The van der Waals surface area contributed by atoms with Gasteiger partial charge in [0, 0.05) is 11.1 Å². The minimum Gasteiger partial charge on any atom is -0.489 e. The number of anilines is 1. The fraction of sp³-hybridized carbons (Fsp3) is 0.435. The summed E-state index contributed by atoms with van der Waals surface area (Å²) in [6.07, 6.45) is 8.14. The van der Waals surface area contributed by atoms with Crippen LogP contribution < -0.4 is 20.8 Å². The van der Waals surface area contributed by atoms with Gasteiger partial charge in [0.2, 0.25) is 5.75 Å². The topological polar surface area (TPSA) is 77.3 Å². The van der Waals surface area contributed by atoms with Gasteiger partial charge < -0.3 is 20.2 Å². The zero-order valence-electron chi connectivity index (χ0n) is 17.4. The molecule has 3 N–H and O–H groups in total. The third-order valence-corrected chi connectivity index (χ3v) is 4.44. The van der Waals surface area contributed by atoms with Crippen LogP contribution in [0, 0.1) is 0 Å². The lowest BCUT2D eigenvalue weighted by molar-refractivity contribution is 0.279. The molecule has 0 radical (unpaired) electrons.